The van der Waals surface area contributed by atoms with E-state index in [9.17, 15) is 10.1 Å². The van der Waals surface area contributed by atoms with Crippen LogP contribution in [0.5, 0.6) is 0 Å². The van der Waals surface area contributed by atoms with Crippen molar-refractivity contribution in [3.8, 4) is 0 Å². The molecule has 0 aliphatic rings. The Morgan fingerprint density at radius 3 is 2.42 bits per heavy atom. The predicted octanol–water partition coefficient (Wildman–Crippen LogP) is -0.0298. The molecule has 19 heavy (non-hydrogen) atoms. The van der Waals surface area contributed by atoms with E-state index in [1.54, 1.807) is 13.8 Å². The number of anilines is 2. The van der Waals surface area contributed by atoms with Gasteiger partial charge in [0.25, 0.3) is 0 Å². The first-order valence-corrected chi connectivity index (χ1v) is 5.75. The highest BCUT2D eigenvalue weighted by Crippen LogP contribution is 2.21. The smallest absolute Gasteiger partial charge is 0.329 e. The molecule has 9 nitrogen and oxygen atoms in total. The minimum atomic E-state index is -0.663. The van der Waals surface area contributed by atoms with E-state index in [-0.39, 0.29) is 30.5 Å². The van der Waals surface area contributed by atoms with E-state index >= 15 is 0 Å². The predicted molar refractivity (Wildman–Crippen MR) is 69.0 cm³/mol. The lowest BCUT2D eigenvalue weighted by molar-refractivity contribution is -0.384. The average molecular weight is 271 g/mol. The van der Waals surface area contributed by atoms with E-state index in [0.29, 0.717) is 0 Å². The van der Waals surface area contributed by atoms with Crippen LogP contribution in [0.2, 0.25) is 0 Å². The first-order valence-electron chi connectivity index (χ1n) is 5.75. The van der Waals surface area contributed by atoms with Crippen LogP contribution in [-0.2, 0) is 0 Å². The summed E-state index contributed by atoms with van der Waals surface area (Å²) in [4.78, 5) is 17.9. The highest BCUT2D eigenvalue weighted by molar-refractivity contribution is 5.56. The third kappa shape index (κ3) is 5.02. The Morgan fingerprint density at radius 1 is 1.32 bits per heavy atom. The Labute approximate surface area is 109 Å². The summed E-state index contributed by atoms with van der Waals surface area (Å²) in [5, 5.41) is 34.5. The van der Waals surface area contributed by atoms with Crippen LogP contribution in [0, 0.1) is 10.1 Å². The zero-order chi connectivity index (χ0) is 14.4. The van der Waals surface area contributed by atoms with E-state index in [0.717, 1.165) is 6.20 Å². The van der Waals surface area contributed by atoms with E-state index in [4.69, 9.17) is 10.2 Å². The van der Waals surface area contributed by atoms with Gasteiger partial charge in [-0.2, -0.15) is 4.98 Å². The summed E-state index contributed by atoms with van der Waals surface area (Å²) in [6, 6.07) is 0. The van der Waals surface area contributed by atoms with Gasteiger partial charge in [-0.1, -0.05) is 0 Å². The molecule has 0 aliphatic carbocycles. The molecule has 2 atom stereocenters. The molecule has 1 rings (SSSR count). The van der Waals surface area contributed by atoms with Crippen LogP contribution in [0.25, 0.3) is 0 Å². The molecule has 0 spiro atoms. The Balaban J connectivity index is 2.87. The number of nitrogens with one attached hydrogen (secondary N) is 2. The van der Waals surface area contributed by atoms with Crippen LogP contribution in [-0.4, -0.2) is 50.4 Å². The molecule has 0 amide bonds. The quantitative estimate of drug-likeness (QED) is 0.401. The van der Waals surface area contributed by atoms with Gasteiger partial charge < -0.3 is 20.8 Å². The molecule has 4 N–H and O–H groups in total. The molecule has 0 aromatic carbocycles. The zero-order valence-corrected chi connectivity index (χ0v) is 10.7. The molecule has 0 bridgehead atoms. The van der Waals surface area contributed by atoms with Gasteiger partial charge in [0.1, 0.15) is 6.20 Å². The van der Waals surface area contributed by atoms with E-state index < -0.39 is 17.1 Å². The standard InChI is InChI=1S/C10H17N5O4/c1-6(16)3-11-9-8(15(18)19)5-13-10(14-9)12-4-7(2)17/h5-7,16-17H,3-4H2,1-2H3,(H2,11,12,13,14)/t6-,7-/m1/s1. The van der Waals surface area contributed by atoms with Crippen molar-refractivity contribution >= 4 is 17.5 Å². The molecule has 1 heterocycles. The highest BCUT2D eigenvalue weighted by atomic mass is 16.6. The van der Waals surface area contributed by atoms with Crippen molar-refractivity contribution in [2.45, 2.75) is 26.1 Å². The topological polar surface area (TPSA) is 133 Å². The van der Waals surface area contributed by atoms with Crippen molar-refractivity contribution in [2.75, 3.05) is 23.7 Å². The van der Waals surface area contributed by atoms with Crippen LogP contribution < -0.4 is 10.6 Å². The van der Waals surface area contributed by atoms with Gasteiger partial charge in [0, 0.05) is 13.1 Å². The number of hydrogen-bond acceptors (Lipinski definition) is 8. The fraction of sp³-hybridized carbons (Fsp3) is 0.600. The third-order valence-electron chi connectivity index (χ3n) is 2.09. The number of aromatic nitrogens is 2. The summed E-state index contributed by atoms with van der Waals surface area (Å²) in [5.74, 6) is 0.189. The van der Waals surface area contributed by atoms with Gasteiger partial charge in [0.05, 0.1) is 17.1 Å². The maximum atomic E-state index is 10.8. The lowest BCUT2D eigenvalue weighted by atomic mass is 10.4. The fourth-order valence-corrected chi connectivity index (χ4v) is 1.21. The second-order valence-electron chi connectivity index (χ2n) is 4.14. The summed E-state index contributed by atoms with van der Waals surface area (Å²) in [6.07, 6.45) is -0.182. The Kier molecular flexibility index (Phi) is 5.39. The first-order chi connectivity index (χ1) is 8.90. The van der Waals surface area contributed by atoms with E-state index in [2.05, 4.69) is 20.6 Å². The SMILES string of the molecule is C[C@@H](O)CNc1ncc([N+](=O)[O-])c(NC[C@@H](C)O)n1. The number of nitro groups is 1. The molecule has 106 valence electrons. The van der Waals surface area contributed by atoms with Crippen LogP contribution in [0.4, 0.5) is 17.5 Å². The maximum absolute atomic E-state index is 10.8. The molecule has 0 saturated heterocycles. The molecule has 1 aromatic heterocycles. The summed E-state index contributed by atoms with van der Waals surface area (Å²) in [7, 11) is 0. The molecule has 0 fully saturated rings. The number of aliphatic hydroxyl groups excluding tert-OH is 2. The average Bonchev–Trinajstić information content (AvgIpc) is 2.33. The van der Waals surface area contributed by atoms with Gasteiger partial charge in [-0.15, -0.1) is 0 Å². The van der Waals surface area contributed by atoms with Crippen LogP contribution in [0.15, 0.2) is 6.20 Å². The molecule has 0 radical (unpaired) electrons. The molecule has 0 unspecified atom stereocenters. The third-order valence-corrected chi connectivity index (χ3v) is 2.09. The monoisotopic (exact) mass is 271 g/mol. The van der Waals surface area contributed by atoms with Crippen molar-refractivity contribution in [3.63, 3.8) is 0 Å². The van der Waals surface area contributed by atoms with Gasteiger partial charge in [-0.05, 0) is 13.8 Å². The molecule has 1 aromatic rings. The lowest BCUT2D eigenvalue weighted by Crippen LogP contribution is -2.19. The van der Waals surface area contributed by atoms with Gasteiger partial charge in [-0.3, -0.25) is 10.1 Å². The van der Waals surface area contributed by atoms with Crippen molar-refractivity contribution < 1.29 is 15.1 Å². The summed E-state index contributed by atoms with van der Waals surface area (Å²) in [5.41, 5.74) is -0.275. The Bertz CT molecular complexity index is 438. The molecular formula is C10H17N5O4. The van der Waals surface area contributed by atoms with Gasteiger partial charge in [0.2, 0.25) is 11.8 Å². The fourth-order valence-electron chi connectivity index (χ4n) is 1.21. The Hall–Kier alpha value is -2.00. The summed E-state index contributed by atoms with van der Waals surface area (Å²) in [6.45, 7) is 3.50. The van der Waals surface area contributed by atoms with Crippen molar-refractivity contribution in [2.24, 2.45) is 0 Å². The van der Waals surface area contributed by atoms with Crippen molar-refractivity contribution in [1.29, 1.82) is 0 Å². The van der Waals surface area contributed by atoms with Gasteiger partial charge in [0.15, 0.2) is 0 Å². The van der Waals surface area contributed by atoms with Crippen LogP contribution in [0.3, 0.4) is 0 Å². The Morgan fingerprint density at radius 2 is 1.89 bits per heavy atom. The second kappa shape index (κ2) is 6.81. The minimum absolute atomic E-state index is 0.0222. The number of aliphatic hydroxyl groups is 2. The lowest BCUT2D eigenvalue weighted by Gasteiger charge is -2.10. The zero-order valence-electron chi connectivity index (χ0n) is 10.7. The number of rotatable bonds is 7. The number of hydrogen-bond donors (Lipinski definition) is 4. The molecule has 9 heteroatoms. The first kappa shape index (κ1) is 15.1. The van der Waals surface area contributed by atoms with E-state index in [1.165, 1.54) is 0 Å². The normalized spacial score (nSPS) is 13.7. The van der Waals surface area contributed by atoms with Gasteiger partial charge >= 0.3 is 5.69 Å². The minimum Gasteiger partial charge on any atom is -0.392 e. The van der Waals surface area contributed by atoms with Crippen molar-refractivity contribution in [3.05, 3.63) is 16.3 Å². The van der Waals surface area contributed by atoms with E-state index in [1.807, 2.05) is 0 Å². The summed E-state index contributed by atoms with van der Waals surface area (Å²) < 4.78 is 0. The number of nitrogens with zero attached hydrogens (tertiary/aromatic N) is 3. The van der Waals surface area contributed by atoms with Crippen LogP contribution in [0.1, 0.15) is 13.8 Å². The maximum Gasteiger partial charge on any atom is 0.329 e. The molecule has 0 saturated carbocycles. The largest absolute Gasteiger partial charge is 0.392 e. The molecular weight excluding hydrogens is 254 g/mol. The van der Waals surface area contributed by atoms with Gasteiger partial charge in [-0.25, -0.2) is 4.98 Å². The van der Waals surface area contributed by atoms with Crippen molar-refractivity contribution in [1.82, 2.24) is 9.97 Å². The molecule has 0 aliphatic heterocycles. The summed E-state index contributed by atoms with van der Waals surface area (Å²) >= 11 is 0. The highest BCUT2D eigenvalue weighted by Gasteiger charge is 2.17. The van der Waals surface area contributed by atoms with Crippen LogP contribution >= 0.6 is 0 Å². The second-order valence-corrected chi connectivity index (χ2v) is 4.14.